The Balaban J connectivity index is 1.83. The third-order valence-electron chi connectivity index (χ3n) is 3.34. The molecule has 0 bridgehead atoms. The third-order valence-corrected chi connectivity index (χ3v) is 3.74. The summed E-state index contributed by atoms with van der Waals surface area (Å²) in [6.45, 7) is 4.48. The third kappa shape index (κ3) is 3.80. The molecule has 1 aromatic carbocycles. The van der Waals surface area contributed by atoms with Crippen LogP contribution in [0.1, 0.15) is 0 Å². The monoisotopic (exact) mass is 297 g/mol. The fraction of sp³-hybridized carbons (Fsp3) is 0.500. The predicted molar refractivity (Wildman–Crippen MR) is 82.7 cm³/mol. The predicted octanol–water partition coefficient (Wildman–Crippen LogP) is 1.47. The lowest BCUT2D eigenvalue weighted by molar-refractivity contribution is 0.202. The summed E-state index contributed by atoms with van der Waals surface area (Å²) in [6, 6.07) is 6.89. The smallest absolute Gasteiger partial charge is 0.169 e. The summed E-state index contributed by atoms with van der Waals surface area (Å²) in [4.78, 5) is 4.17. The molecule has 1 aliphatic heterocycles. The summed E-state index contributed by atoms with van der Waals surface area (Å²) in [5.74, 6) is -0.165. The lowest BCUT2D eigenvalue weighted by atomic mass is 10.2. The molecule has 1 aromatic rings. The Morgan fingerprint density at radius 1 is 1.30 bits per heavy atom. The van der Waals surface area contributed by atoms with Gasteiger partial charge in [-0.1, -0.05) is 12.1 Å². The Bertz CT molecular complexity index is 450. The van der Waals surface area contributed by atoms with E-state index in [-0.39, 0.29) is 5.82 Å². The first kappa shape index (κ1) is 15.0. The zero-order chi connectivity index (χ0) is 14.4. The molecule has 4 nitrogen and oxygen atoms in total. The molecule has 0 aromatic heterocycles. The number of hydrogen-bond donors (Lipinski definition) is 1. The van der Waals surface area contributed by atoms with Gasteiger partial charge < -0.3 is 19.9 Å². The first-order valence-electron chi connectivity index (χ1n) is 6.73. The summed E-state index contributed by atoms with van der Waals surface area (Å²) in [7, 11) is 1.66. The van der Waals surface area contributed by atoms with Gasteiger partial charge in [0.15, 0.2) is 5.11 Å². The number of ether oxygens (including phenoxy) is 1. The number of rotatable bonds is 4. The fourth-order valence-electron chi connectivity index (χ4n) is 2.23. The number of hydrogen-bond acceptors (Lipinski definition) is 3. The van der Waals surface area contributed by atoms with Crippen molar-refractivity contribution < 1.29 is 9.13 Å². The quantitative estimate of drug-likeness (QED) is 0.671. The molecule has 110 valence electrons. The Morgan fingerprint density at radius 3 is 2.65 bits per heavy atom. The highest BCUT2D eigenvalue weighted by Gasteiger charge is 2.20. The van der Waals surface area contributed by atoms with Crippen LogP contribution in [0.2, 0.25) is 0 Å². The summed E-state index contributed by atoms with van der Waals surface area (Å²) < 4.78 is 18.7. The van der Waals surface area contributed by atoms with Crippen molar-refractivity contribution in [3.8, 4) is 0 Å². The standard InChI is InChI=1S/C14H20FN3OS/c1-19-11-6-16-14(20)18-9-7-17(8-10-18)13-5-3-2-4-12(13)15/h2-5H,6-11H2,1H3,(H,16,20). The van der Waals surface area contributed by atoms with Crippen LogP contribution in [0.4, 0.5) is 10.1 Å². The number of anilines is 1. The molecule has 0 amide bonds. The van der Waals surface area contributed by atoms with Gasteiger partial charge in [-0.25, -0.2) is 4.39 Å². The topological polar surface area (TPSA) is 27.7 Å². The normalized spacial score (nSPS) is 15.3. The van der Waals surface area contributed by atoms with Crippen molar-refractivity contribution in [3.05, 3.63) is 30.1 Å². The molecular weight excluding hydrogens is 277 g/mol. The molecule has 1 heterocycles. The van der Waals surface area contributed by atoms with E-state index in [1.54, 1.807) is 13.2 Å². The summed E-state index contributed by atoms with van der Waals surface area (Å²) in [5.41, 5.74) is 0.672. The average Bonchev–Trinajstić information content (AvgIpc) is 2.48. The highest BCUT2D eigenvalue weighted by atomic mass is 32.1. The number of thiocarbonyl (C=S) groups is 1. The largest absolute Gasteiger partial charge is 0.383 e. The van der Waals surface area contributed by atoms with Gasteiger partial charge in [-0.15, -0.1) is 0 Å². The van der Waals surface area contributed by atoms with E-state index >= 15 is 0 Å². The lowest BCUT2D eigenvalue weighted by Crippen LogP contribution is -2.52. The van der Waals surface area contributed by atoms with Crippen molar-refractivity contribution in [2.75, 3.05) is 51.3 Å². The van der Waals surface area contributed by atoms with Gasteiger partial charge in [0.25, 0.3) is 0 Å². The first-order chi connectivity index (χ1) is 9.72. The summed E-state index contributed by atoms with van der Waals surface area (Å²) >= 11 is 5.34. The van der Waals surface area contributed by atoms with E-state index in [2.05, 4.69) is 15.1 Å². The number of methoxy groups -OCH3 is 1. The lowest BCUT2D eigenvalue weighted by Gasteiger charge is -2.37. The zero-order valence-corrected chi connectivity index (χ0v) is 12.5. The minimum absolute atomic E-state index is 0.165. The van der Waals surface area contributed by atoms with E-state index in [1.165, 1.54) is 6.07 Å². The number of nitrogens with one attached hydrogen (secondary N) is 1. The number of para-hydroxylation sites is 1. The second-order valence-electron chi connectivity index (χ2n) is 4.65. The fourth-order valence-corrected chi connectivity index (χ4v) is 2.52. The molecule has 0 saturated carbocycles. The van der Waals surface area contributed by atoms with Crippen molar-refractivity contribution in [3.63, 3.8) is 0 Å². The summed E-state index contributed by atoms with van der Waals surface area (Å²) in [5, 5.41) is 3.90. The Hall–Kier alpha value is -1.40. The molecular formula is C14H20FN3OS. The number of halogens is 1. The van der Waals surface area contributed by atoms with Gasteiger partial charge in [0, 0.05) is 39.8 Å². The first-order valence-corrected chi connectivity index (χ1v) is 7.14. The van der Waals surface area contributed by atoms with Gasteiger partial charge >= 0.3 is 0 Å². The Morgan fingerprint density at radius 2 is 2.00 bits per heavy atom. The van der Waals surface area contributed by atoms with Gasteiger partial charge in [-0.3, -0.25) is 0 Å². The van der Waals surface area contributed by atoms with Crippen LogP contribution in [0.15, 0.2) is 24.3 Å². The second kappa shape index (κ2) is 7.40. The molecule has 2 rings (SSSR count). The molecule has 1 aliphatic rings. The molecule has 0 aliphatic carbocycles. The van der Waals surface area contributed by atoms with E-state index < -0.39 is 0 Å². The Kier molecular flexibility index (Phi) is 5.55. The average molecular weight is 297 g/mol. The minimum Gasteiger partial charge on any atom is -0.383 e. The summed E-state index contributed by atoms with van der Waals surface area (Å²) in [6.07, 6.45) is 0. The van der Waals surface area contributed by atoms with Crippen molar-refractivity contribution >= 4 is 23.0 Å². The molecule has 6 heteroatoms. The molecule has 20 heavy (non-hydrogen) atoms. The number of benzene rings is 1. The van der Waals surface area contributed by atoms with Crippen molar-refractivity contribution in [2.45, 2.75) is 0 Å². The van der Waals surface area contributed by atoms with Crippen molar-refractivity contribution in [2.24, 2.45) is 0 Å². The second-order valence-corrected chi connectivity index (χ2v) is 5.04. The van der Waals surface area contributed by atoms with Gasteiger partial charge in [0.2, 0.25) is 0 Å². The zero-order valence-electron chi connectivity index (χ0n) is 11.6. The van der Waals surface area contributed by atoms with E-state index in [1.807, 2.05) is 12.1 Å². The van der Waals surface area contributed by atoms with Crippen LogP contribution < -0.4 is 10.2 Å². The SMILES string of the molecule is COCCNC(=S)N1CCN(c2ccccc2F)CC1. The van der Waals surface area contributed by atoms with Crippen LogP contribution in [0.3, 0.4) is 0 Å². The molecule has 0 spiro atoms. The van der Waals surface area contributed by atoms with E-state index in [0.717, 1.165) is 31.3 Å². The van der Waals surface area contributed by atoms with Crippen molar-refractivity contribution in [1.82, 2.24) is 10.2 Å². The molecule has 0 unspecified atom stereocenters. The minimum atomic E-state index is -0.165. The van der Waals surface area contributed by atoms with Gasteiger partial charge in [-0.05, 0) is 24.4 Å². The van der Waals surface area contributed by atoms with Crippen molar-refractivity contribution in [1.29, 1.82) is 0 Å². The van der Waals surface area contributed by atoms with Gasteiger partial charge in [-0.2, -0.15) is 0 Å². The molecule has 0 radical (unpaired) electrons. The van der Waals surface area contributed by atoms with Crippen LogP contribution in [0, 0.1) is 5.82 Å². The molecule has 0 atom stereocenters. The maximum absolute atomic E-state index is 13.7. The van der Waals surface area contributed by atoms with E-state index in [4.69, 9.17) is 17.0 Å². The van der Waals surface area contributed by atoms with E-state index in [0.29, 0.717) is 18.8 Å². The maximum atomic E-state index is 13.7. The van der Waals surface area contributed by atoms with Crippen LogP contribution in [-0.4, -0.2) is 56.5 Å². The van der Waals surface area contributed by atoms with Gasteiger partial charge in [0.05, 0.1) is 12.3 Å². The van der Waals surface area contributed by atoms with Crippen LogP contribution in [-0.2, 0) is 4.74 Å². The van der Waals surface area contributed by atoms with Crippen LogP contribution in [0.25, 0.3) is 0 Å². The van der Waals surface area contributed by atoms with Crippen LogP contribution in [0.5, 0.6) is 0 Å². The van der Waals surface area contributed by atoms with Crippen LogP contribution >= 0.6 is 12.2 Å². The molecule has 1 saturated heterocycles. The van der Waals surface area contributed by atoms with Gasteiger partial charge in [0.1, 0.15) is 5.82 Å². The number of nitrogens with zero attached hydrogens (tertiary/aromatic N) is 2. The Labute approximate surface area is 124 Å². The van der Waals surface area contributed by atoms with E-state index in [9.17, 15) is 4.39 Å². The molecule has 1 fully saturated rings. The highest BCUT2D eigenvalue weighted by Crippen LogP contribution is 2.20. The number of piperazine rings is 1. The highest BCUT2D eigenvalue weighted by molar-refractivity contribution is 7.80. The molecule has 1 N–H and O–H groups in total. The maximum Gasteiger partial charge on any atom is 0.169 e.